The summed E-state index contributed by atoms with van der Waals surface area (Å²) < 4.78 is 73.9. The molecular weight excluding hydrogens is 635 g/mol. The first-order valence-corrected chi connectivity index (χ1v) is 15.9. The number of hydrogen-bond donors (Lipinski definition) is 3. The summed E-state index contributed by atoms with van der Waals surface area (Å²) in [7, 11) is 3.01. The topological polar surface area (TPSA) is 101 Å². The first kappa shape index (κ1) is 34.9. The number of likely N-dealkylation sites (tertiary alicyclic amines) is 1. The maximum atomic E-state index is 13.7. The zero-order valence-electron chi connectivity index (χ0n) is 27.0. The number of rotatable bonds is 8. The van der Waals surface area contributed by atoms with Crippen LogP contribution in [-0.2, 0) is 6.54 Å². The molecular formula is C34H39F5N6O3. The number of carbonyl (C=O) groups excluding carboxylic acids is 2. The number of anilines is 1. The number of ether oxygens (including phenoxy) is 1. The van der Waals surface area contributed by atoms with Gasteiger partial charge in [0.2, 0.25) is 5.92 Å². The van der Waals surface area contributed by atoms with E-state index in [0.29, 0.717) is 54.9 Å². The van der Waals surface area contributed by atoms with Crippen LogP contribution >= 0.6 is 0 Å². The molecule has 1 saturated carbocycles. The van der Waals surface area contributed by atoms with Crippen LogP contribution < -0.4 is 20.7 Å². The minimum Gasteiger partial charge on any atom is -0.495 e. The summed E-state index contributed by atoms with van der Waals surface area (Å²) in [5.74, 6) is 3.02. The van der Waals surface area contributed by atoms with E-state index >= 15 is 0 Å². The first-order chi connectivity index (χ1) is 22.8. The fraction of sp³-hybridized carbons (Fsp3) is 0.500. The van der Waals surface area contributed by atoms with Gasteiger partial charge in [0, 0.05) is 56.2 Å². The third-order valence-corrected chi connectivity index (χ3v) is 9.06. The fourth-order valence-corrected chi connectivity index (χ4v) is 6.51. The number of benzene rings is 2. The van der Waals surface area contributed by atoms with E-state index in [1.165, 1.54) is 26.3 Å². The van der Waals surface area contributed by atoms with Gasteiger partial charge >= 0.3 is 6.18 Å². The summed E-state index contributed by atoms with van der Waals surface area (Å²) in [6.07, 6.45) is -2.19. The van der Waals surface area contributed by atoms with Gasteiger partial charge in [-0.05, 0) is 55.5 Å². The lowest BCUT2D eigenvalue weighted by Gasteiger charge is -2.43. The van der Waals surface area contributed by atoms with E-state index in [1.54, 1.807) is 18.2 Å². The maximum absolute atomic E-state index is 13.7. The molecule has 2 atom stereocenters. The lowest BCUT2D eigenvalue weighted by Crippen LogP contribution is -2.53. The van der Waals surface area contributed by atoms with Gasteiger partial charge in [0.1, 0.15) is 17.8 Å². The molecule has 1 aliphatic heterocycles. The van der Waals surface area contributed by atoms with Gasteiger partial charge in [0.15, 0.2) is 0 Å². The van der Waals surface area contributed by atoms with Gasteiger partial charge in [0.05, 0.1) is 36.7 Å². The van der Waals surface area contributed by atoms with Crippen LogP contribution in [-0.4, -0.2) is 84.2 Å². The molecule has 0 unspecified atom stereocenters. The zero-order valence-corrected chi connectivity index (χ0v) is 27.0. The predicted molar refractivity (Wildman–Crippen MR) is 171 cm³/mol. The molecule has 1 saturated heterocycles. The standard InChI is InChI=1S/C34H39F5N6O3/c1-21-18-44(24-8-11-33(35,36)12-9-24)14-10-26(21)43-32(47)25-15-22(16-28-30(25)42-20-45(28)19-34(37,38)39)5-4-13-41-27-17-23(31(46)40-2)6-7-29(27)48-3/h6-7,15-17,20-21,24,26,41H,8-14,18-19H2,1-3H3,(H,40,46)(H,43,47)/t21-,26-/m0/s1. The van der Waals surface area contributed by atoms with Crippen LogP contribution in [0.2, 0.25) is 0 Å². The number of halogens is 5. The molecule has 1 aromatic heterocycles. The van der Waals surface area contributed by atoms with Crippen LogP contribution in [0.15, 0.2) is 36.7 Å². The molecule has 0 spiro atoms. The highest BCUT2D eigenvalue weighted by Gasteiger charge is 2.39. The molecule has 3 N–H and O–H groups in total. The smallest absolute Gasteiger partial charge is 0.406 e. The second-order valence-corrected chi connectivity index (χ2v) is 12.5. The first-order valence-electron chi connectivity index (χ1n) is 15.9. The Kier molecular flexibility index (Phi) is 10.5. The zero-order chi connectivity index (χ0) is 34.6. The van der Waals surface area contributed by atoms with Gasteiger partial charge in [-0.2, -0.15) is 13.2 Å². The molecule has 2 amide bonds. The van der Waals surface area contributed by atoms with E-state index in [-0.39, 0.29) is 59.9 Å². The molecule has 0 radical (unpaired) electrons. The van der Waals surface area contributed by atoms with Gasteiger partial charge in [0.25, 0.3) is 11.8 Å². The van der Waals surface area contributed by atoms with Crippen molar-refractivity contribution in [3.63, 3.8) is 0 Å². The average Bonchev–Trinajstić information content (AvgIpc) is 3.44. The quantitative estimate of drug-likeness (QED) is 0.217. The fourth-order valence-electron chi connectivity index (χ4n) is 6.51. The monoisotopic (exact) mass is 674 g/mol. The minimum absolute atomic E-state index is 0.0244. The molecule has 1 aliphatic carbocycles. The summed E-state index contributed by atoms with van der Waals surface area (Å²) in [4.78, 5) is 32.2. The SMILES string of the molecule is CNC(=O)c1ccc(OC)c(NCC#Cc2cc(C(=O)N[C@H]3CCN(C4CCC(F)(F)CC4)C[C@@H]3C)c3ncn(CC(F)(F)F)c3c2)c1. The second kappa shape index (κ2) is 14.4. The summed E-state index contributed by atoms with van der Waals surface area (Å²) in [6.45, 7) is 2.11. The molecule has 14 heteroatoms. The maximum Gasteiger partial charge on any atom is 0.406 e. The van der Waals surface area contributed by atoms with Crippen LogP contribution in [0.3, 0.4) is 0 Å². The Morgan fingerprint density at radius 3 is 2.52 bits per heavy atom. The molecule has 3 aromatic rings. The summed E-state index contributed by atoms with van der Waals surface area (Å²) >= 11 is 0. The highest BCUT2D eigenvalue weighted by Crippen LogP contribution is 2.36. The van der Waals surface area contributed by atoms with E-state index in [4.69, 9.17) is 4.74 Å². The van der Waals surface area contributed by atoms with Crippen molar-refractivity contribution in [3.8, 4) is 17.6 Å². The molecule has 9 nitrogen and oxygen atoms in total. The van der Waals surface area contributed by atoms with Crippen molar-refractivity contribution >= 4 is 28.5 Å². The number of piperidine rings is 1. The minimum atomic E-state index is -4.51. The molecule has 5 rings (SSSR count). The van der Waals surface area contributed by atoms with Crippen molar-refractivity contribution < 1.29 is 36.3 Å². The van der Waals surface area contributed by atoms with Crippen LogP contribution in [0.4, 0.5) is 27.6 Å². The summed E-state index contributed by atoms with van der Waals surface area (Å²) in [5.41, 5.74) is 1.61. The van der Waals surface area contributed by atoms with Crippen molar-refractivity contribution in [2.75, 3.05) is 39.1 Å². The summed E-state index contributed by atoms with van der Waals surface area (Å²) in [6, 6.07) is 7.73. The lowest BCUT2D eigenvalue weighted by atomic mass is 9.87. The van der Waals surface area contributed by atoms with E-state index < -0.39 is 24.6 Å². The normalized spacial score (nSPS) is 20.1. The number of fused-ring (bicyclic) bond motifs is 1. The number of carbonyl (C=O) groups is 2. The molecule has 0 bridgehead atoms. The molecule has 48 heavy (non-hydrogen) atoms. The van der Waals surface area contributed by atoms with E-state index in [9.17, 15) is 31.5 Å². The van der Waals surface area contributed by atoms with Crippen molar-refractivity contribution in [2.24, 2.45) is 5.92 Å². The summed E-state index contributed by atoms with van der Waals surface area (Å²) in [5, 5.41) is 8.70. The van der Waals surface area contributed by atoms with Crippen LogP contribution in [0.5, 0.6) is 5.75 Å². The van der Waals surface area contributed by atoms with Gasteiger partial charge in [-0.1, -0.05) is 18.8 Å². The Balaban J connectivity index is 1.34. The van der Waals surface area contributed by atoms with E-state index in [2.05, 4.69) is 37.7 Å². The van der Waals surface area contributed by atoms with Crippen molar-refractivity contribution in [1.82, 2.24) is 25.1 Å². The molecule has 2 fully saturated rings. The predicted octanol–water partition coefficient (Wildman–Crippen LogP) is 5.45. The molecule has 258 valence electrons. The van der Waals surface area contributed by atoms with Gasteiger partial charge in [-0.3, -0.25) is 14.5 Å². The number of aromatic nitrogens is 2. The Morgan fingerprint density at radius 2 is 1.85 bits per heavy atom. The average molecular weight is 675 g/mol. The highest BCUT2D eigenvalue weighted by atomic mass is 19.4. The number of hydrogen-bond acceptors (Lipinski definition) is 6. The van der Waals surface area contributed by atoms with Crippen LogP contribution in [0.25, 0.3) is 11.0 Å². The largest absolute Gasteiger partial charge is 0.495 e. The number of nitrogens with zero attached hydrogens (tertiary/aromatic N) is 3. The molecule has 2 aromatic carbocycles. The number of methoxy groups -OCH3 is 1. The Morgan fingerprint density at radius 1 is 1.10 bits per heavy atom. The number of imidazole rings is 1. The van der Waals surface area contributed by atoms with Crippen LogP contribution in [0, 0.1) is 17.8 Å². The van der Waals surface area contributed by atoms with E-state index in [1.807, 2.05) is 6.92 Å². The number of alkyl halides is 5. The Bertz CT molecular complexity index is 1700. The van der Waals surface area contributed by atoms with E-state index in [0.717, 1.165) is 10.9 Å². The lowest BCUT2D eigenvalue weighted by molar-refractivity contribution is -0.140. The van der Waals surface area contributed by atoms with Gasteiger partial charge < -0.3 is 25.3 Å². The second-order valence-electron chi connectivity index (χ2n) is 12.5. The Labute approximate surface area is 275 Å². The third kappa shape index (κ3) is 8.36. The van der Waals surface area contributed by atoms with Crippen molar-refractivity contribution in [3.05, 3.63) is 53.3 Å². The Hall–Kier alpha value is -4.38. The third-order valence-electron chi connectivity index (χ3n) is 9.06. The van der Waals surface area contributed by atoms with Crippen molar-refractivity contribution in [2.45, 2.75) is 69.8 Å². The molecule has 2 heterocycles. The van der Waals surface area contributed by atoms with Crippen LogP contribution in [0.1, 0.15) is 65.3 Å². The number of amides is 2. The van der Waals surface area contributed by atoms with Gasteiger partial charge in [-0.15, -0.1) is 0 Å². The van der Waals surface area contributed by atoms with Crippen molar-refractivity contribution in [1.29, 1.82) is 0 Å². The molecule has 2 aliphatic rings. The number of nitrogens with one attached hydrogen (secondary N) is 3. The highest BCUT2D eigenvalue weighted by molar-refractivity contribution is 6.05. The van der Waals surface area contributed by atoms with Gasteiger partial charge in [-0.25, -0.2) is 13.8 Å².